The van der Waals surface area contributed by atoms with Crippen LogP contribution in [0.15, 0.2) is 30.6 Å². The van der Waals surface area contributed by atoms with Crippen LogP contribution in [0, 0.1) is 0 Å². The Morgan fingerprint density at radius 2 is 2.11 bits per heavy atom. The van der Waals surface area contributed by atoms with Crippen molar-refractivity contribution in [2.24, 2.45) is 0 Å². The maximum absolute atomic E-state index is 13.1. The molecule has 4 heterocycles. The normalized spacial score (nSPS) is 26.9. The number of likely N-dealkylation sites (tertiary alicyclic amines) is 1. The van der Waals surface area contributed by atoms with Gasteiger partial charge in [0.05, 0.1) is 0 Å². The summed E-state index contributed by atoms with van der Waals surface area (Å²) in [5.41, 5.74) is 1.55. The van der Waals surface area contributed by atoms with Crippen LogP contribution in [0.2, 0.25) is 4.78 Å². The van der Waals surface area contributed by atoms with E-state index in [1.165, 1.54) is 6.20 Å². The molecule has 0 radical (unpaired) electrons. The van der Waals surface area contributed by atoms with Crippen LogP contribution in [-0.2, 0) is 27.8 Å². The number of pyridine rings is 2. The fourth-order valence-electron chi connectivity index (χ4n) is 5.51. The average Bonchev–Trinajstić information content (AvgIpc) is 3.35. The van der Waals surface area contributed by atoms with Gasteiger partial charge in [-0.1, -0.05) is 0 Å². The number of carbonyl (C=O) groups excluding carboxylic acids is 3. The van der Waals surface area contributed by atoms with Gasteiger partial charge in [-0.3, -0.25) is 0 Å². The van der Waals surface area contributed by atoms with E-state index in [1.54, 1.807) is 25.3 Å². The van der Waals surface area contributed by atoms with E-state index in [-0.39, 0.29) is 22.7 Å². The van der Waals surface area contributed by atoms with Crippen LogP contribution in [0.5, 0.6) is 0 Å². The standard InChI is InChI=1S/C23H21F3N5O3.CH2.Al/c1-12-4-5-16(20(33)31(12)11-23(24,25)26)29-19(32)14-7-13-8-22(9-17(13)28-10-14)15-3-2-6-27-18(15)30-21(22)34;;/h2-4,6-7,10,12,16H,5,8-9,11H2,1H3,(H,29,32)(H,27,30,34);1H2;/t12-,16+,22?;;/m1../s1. The number of halogens is 3. The predicted molar refractivity (Wildman–Crippen MR) is 126 cm³/mol. The van der Waals surface area contributed by atoms with Crippen molar-refractivity contribution in [2.45, 2.75) is 54.6 Å². The third-order valence-electron chi connectivity index (χ3n) is 7.43. The summed E-state index contributed by atoms with van der Waals surface area (Å²) in [6, 6.07) is 3.58. The molecular formula is C24H23AlF3N5O3. The van der Waals surface area contributed by atoms with Crippen LogP contribution in [0.25, 0.3) is 0 Å². The van der Waals surface area contributed by atoms with E-state index in [0.29, 0.717) is 24.4 Å². The maximum atomic E-state index is 13.1. The van der Waals surface area contributed by atoms with E-state index in [1.807, 2.05) is 6.07 Å². The van der Waals surface area contributed by atoms with Gasteiger partial charge in [0.25, 0.3) is 0 Å². The van der Waals surface area contributed by atoms with Crippen LogP contribution in [0.4, 0.5) is 19.0 Å². The molecule has 2 aromatic heterocycles. The molecule has 8 nitrogen and oxygen atoms in total. The van der Waals surface area contributed by atoms with Gasteiger partial charge in [0, 0.05) is 6.20 Å². The second-order valence-electron chi connectivity index (χ2n) is 9.60. The first kappa shape index (κ1) is 24.6. The van der Waals surface area contributed by atoms with Crippen molar-refractivity contribution in [3.05, 3.63) is 53.0 Å². The average molecular weight is 513 g/mol. The van der Waals surface area contributed by atoms with Crippen molar-refractivity contribution < 1.29 is 27.6 Å². The first-order valence-electron chi connectivity index (χ1n) is 11.6. The molecule has 0 aromatic carbocycles. The molecule has 4 atom stereocenters. The van der Waals surface area contributed by atoms with E-state index in [9.17, 15) is 27.6 Å². The van der Waals surface area contributed by atoms with Gasteiger partial charge in [0.2, 0.25) is 0 Å². The number of amides is 3. The Morgan fingerprint density at radius 1 is 1.33 bits per heavy atom. The second-order valence-corrected chi connectivity index (χ2v) is 10.9. The van der Waals surface area contributed by atoms with Gasteiger partial charge in [0.15, 0.2) is 0 Å². The molecule has 0 bridgehead atoms. The van der Waals surface area contributed by atoms with Gasteiger partial charge in [0.1, 0.15) is 0 Å². The Kier molecular flexibility index (Phi) is 6.00. The summed E-state index contributed by atoms with van der Waals surface area (Å²) >= 11 is -0.457. The number of hydrogen-bond donors (Lipinski definition) is 2. The molecule has 2 aromatic rings. The summed E-state index contributed by atoms with van der Waals surface area (Å²) in [6.07, 6.45) is -0.620. The molecule has 3 amide bonds. The van der Waals surface area contributed by atoms with Crippen molar-refractivity contribution in [3.63, 3.8) is 0 Å². The van der Waals surface area contributed by atoms with E-state index < -0.39 is 56.8 Å². The first-order chi connectivity index (χ1) is 17.0. The zero-order chi connectivity index (χ0) is 25.8. The number of anilines is 1. The van der Waals surface area contributed by atoms with Gasteiger partial charge in [-0.25, -0.2) is 4.98 Å². The summed E-state index contributed by atoms with van der Waals surface area (Å²) in [5, 5.41) is 9.32. The zero-order valence-corrected chi connectivity index (χ0v) is 20.6. The van der Waals surface area contributed by atoms with Gasteiger partial charge in [-0.15, -0.1) is 0 Å². The molecular weight excluding hydrogens is 490 g/mol. The summed E-state index contributed by atoms with van der Waals surface area (Å²) in [6.45, 7) is 0.230. The number of piperidine rings is 1. The van der Waals surface area contributed by atoms with Crippen molar-refractivity contribution in [3.8, 4) is 0 Å². The molecule has 5 rings (SSSR count). The minimum absolute atomic E-state index is 0.173. The van der Waals surface area contributed by atoms with Crippen molar-refractivity contribution >= 4 is 43.7 Å². The third kappa shape index (κ3) is 4.12. The summed E-state index contributed by atoms with van der Waals surface area (Å²) in [5.74, 6) is -1.00. The zero-order valence-electron chi connectivity index (χ0n) is 19.4. The number of hydrogen-bond acceptors (Lipinski definition) is 5. The molecule has 1 spiro atoms. The van der Waals surface area contributed by atoms with Crippen molar-refractivity contribution in [1.82, 2.24) is 20.2 Å². The Morgan fingerprint density at radius 3 is 2.83 bits per heavy atom. The Hall–Kier alpha value is -3.10. The van der Waals surface area contributed by atoms with Crippen molar-refractivity contribution in [2.75, 3.05) is 11.9 Å². The molecule has 1 unspecified atom stereocenters. The molecule has 1 aliphatic carbocycles. The molecule has 0 saturated carbocycles. The van der Waals surface area contributed by atoms with E-state index in [0.717, 1.165) is 16.0 Å². The second kappa shape index (κ2) is 8.78. The fraction of sp³-hybridized carbons (Fsp3) is 0.417. The number of rotatable bonds is 4. The number of nitrogens with zero attached hydrogens (tertiary/aromatic N) is 3. The number of carbonyl (C=O) groups is 3. The summed E-state index contributed by atoms with van der Waals surface area (Å²) in [4.78, 5) is 48.3. The topological polar surface area (TPSA) is 104 Å². The molecule has 1 fully saturated rings. The van der Waals surface area contributed by atoms with Crippen LogP contribution >= 0.6 is 0 Å². The summed E-state index contributed by atoms with van der Waals surface area (Å²) in [7, 11) is 0. The van der Waals surface area contributed by atoms with Crippen molar-refractivity contribution in [1.29, 1.82) is 0 Å². The fourth-order valence-corrected chi connectivity index (χ4v) is 6.58. The quantitative estimate of drug-likeness (QED) is 0.606. The molecule has 186 valence electrons. The third-order valence-corrected chi connectivity index (χ3v) is 8.87. The van der Waals surface area contributed by atoms with Crippen LogP contribution in [0.3, 0.4) is 0 Å². The molecule has 12 heteroatoms. The minimum atomic E-state index is -4.54. The van der Waals surface area contributed by atoms with E-state index in [4.69, 9.17) is 0 Å². The van der Waals surface area contributed by atoms with Gasteiger partial charge < -0.3 is 0 Å². The number of fused-ring (bicyclic) bond motifs is 3. The summed E-state index contributed by atoms with van der Waals surface area (Å²) < 4.78 is 39.1. The Bertz CT molecular complexity index is 1290. The van der Waals surface area contributed by atoms with Gasteiger partial charge in [-0.05, 0) is 6.07 Å². The Balaban J connectivity index is 1.36. The first-order valence-corrected chi connectivity index (χ1v) is 13.1. The number of nitrogens with one attached hydrogen (secondary N) is 2. The number of aromatic nitrogens is 2. The Labute approximate surface area is 210 Å². The molecule has 36 heavy (non-hydrogen) atoms. The van der Waals surface area contributed by atoms with Crippen LogP contribution in [-0.4, -0.2) is 77.6 Å². The molecule has 2 aliphatic heterocycles. The number of alkyl halides is 3. The monoisotopic (exact) mass is 513 g/mol. The van der Waals surface area contributed by atoms with Gasteiger partial charge >= 0.3 is 194 Å². The molecule has 1 saturated heterocycles. The van der Waals surface area contributed by atoms with Gasteiger partial charge in [-0.2, -0.15) is 0 Å². The predicted octanol–water partition coefficient (Wildman–Crippen LogP) is 1.67. The van der Waals surface area contributed by atoms with E-state index >= 15 is 0 Å². The SMILES string of the molecule is [CH2]=[Al][C@@H]1C[C@H](NC(=O)c2cnc3c(c2)CC2(C3)C(=O)Nc3ncccc32)C(=O)N(CC(F)(F)F)[C@@H]1C. The molecule has 3 aliphatic rings. The molecule has 2 N–H and O–H groups in total. The van der Waals surface area contributed by atoms with Crippen LogP contribution in [0.1, 0.15) is 40.5 Å². The van der Waals surface area contributed by atoms with E-state index in [2.05, 4.69) is 26.0 Å². The van der Waals surface area contributed by atoms with Crippen LogP contribution < -0.4 is 10.6 Å².